The quantitative estimate of drug-likeness (QED) is 0.343. The van der Waals surface area contributed by atoms with E-state index in [0.29, 0.717) is 12.1 Å². The van der Waals surface area contributed by atoms with Crippen LogP contribution >= 0.6 is 0 Å². The highest BCUT2D eigenvalue weighted by atomic mass is 16.1. The van der Waals surface area contributed by atoms with Crippen molar-refractivity contribution >= 4 is 27.7 Å². The van der Waals surface area contributed by atoms with Gasteiger partial charge in [-0.3, -0.25) is 4.79 Å². The van der Waals surface area contributed by atoms with Crippen molar-refractivity contribution in [3.05, 3.63) is 108 Å². The van der Waals surface area contributed by atoms with Crippen LogP contribution in [0, 0.1) is 6.07 Å². The molecule has 0 spiro atoms. The van der Waals surface area contributed by atoms with E-state index in [1.165, 1.54) is 22.3 Å². The van der Waals surface area contributed by atoms with Gasteiger partial charge in [0.1, 0.15) is 0 Å². The molecule has 0 saturated carbocycles. The first-order valence-corrected chi connectivity index (χ1v) is 11.1. The largest absolute Gasteiger partial charge is 0.366 e. The molecule has 0 unspecified atom stereocenters. The molecule has 1 amide bonds. The molecule has 0 aliphatic heterocycles. The molecule has 1 radical (unpaired) electrons. The summed E-state index contributed by atoms with van der Waals surface area (Å²) < 4.78 is 2.30. The van der Waals surface area contributed by atoms with E-state index in [1.807, 2.05) is 18.2 Å². The van der Waals surface area contributed by atoms with E-state index >= 15 is 0 Å². The van der Waals surface area contributed by atoms with Crippen molar-refractivity contribution in [3.63, 3.8) is 0 Å². The minimum Gasteiger partial charge on any atom is -0.366 e. The molecule has 0 fully saturated rings. The first-order chi connectivity index (χ1) is 15.7. The van der Waals surface area contributed by atoms with Crippen molar-refractivity contribution in [2.45, 2.75) is 26.3 Å². The molecular weight excluding hydrogens is 392 g/mol. The van der Waals surface area contributed by atoms with Crippen LogP contribution in [0.2, 0.25) is 0 Å². The predicted octanol–water partition coefficient (Wildman–Crippen LogP) is 6.36. The van der Waals surface area contributed by atoms with Crippen molar-refractivity contribution in [2.75, 3.05) is 0 Å². The Morgan fingerprint density at radius 1 is 0.938 bits per heavy atom. The fraction of sp³-hybridized carbons (Fsp3) is 0.138. The Kier molecular flexibility index (Phi) is 5.24. The Hall–Kier alpha value is -3.85. The van der Waals surface area contributed by atoms with Gasteiger partial charge in [0.15, 0.2) is 0 Å². The monoisotopic (exact) mass is 417 g/mol. The number of fused-ring (bicyclic) bond motifs is 3. The van der Waals surface area contributed by atoms with Crippen molar-refractivity contribution in [1.29, 1.82) is 0 Å². The number of aryl methyl sites for hydroxylation is 1. The molecule has 1 heterocycles. The van der Waals surface area contributed by atoms with E-state index in [0.717, 1.165) is 34.6 Å². The Morgan fingerprint density at radius 3 is 2.50 bits per heavy atom. The maximum absolute atomic E-state index is 12.2. The number of amides is 1. The van der Waals surface area contributed by atoms with Crippen LogP contribution in [-0.4, -0.2) is 10.5 Å². The molecule has 5 aromatic rings. The summed E-state index contributed by atoms with van der Waals surface area (Å²) in [7, 11) is 0. The van der Waals surface area contributed by atoms with Crippen LogP contribution in [0.1, 0.15) is 34.8 Å². The highest BCUT2D eigenvalue weighted by molar-refractivity contribution is 6.17. The Labute approximate surface area is 188 Å². The van der Waals surface area contributed by atoms with E-state index < -0.39 is 5.91 Å². The van der Waals surface area contributed by atoms with Gasteiger partial charge < -0.3 is 10.3 Å². The molecule has 32 heavy (non-hydrogen) atoms. The third-order valence-electron chi connectivity index (χ3n) is 6.09. The van der Waals surface area contributed by atoms with Gasteiger partial charge in [0.25, 0.3) is 0 Å². The normalized spacial score (nSPS) is 11.3. The zero-order valence-corrected chi connectivity index (χ0v) is 18.1. The van der Waals surface area contributed by atoms with Gasteiger partial charge in [0, 0.05) is 22.9 Å². The highest BCUT2D eigenvalue weighted by Crippen LogP contribution is 2.34. The Bertz CT molecular complexity index is 1430. The Balaban J connectivity index is 1.76. The number of benzene rings is 4. The summed E-state index contributed by atoms with van der Waals surface area (Å²) in [6.07, 6.45) is 2.07. The zero-order valence-electron chi connectivity index (χ0n) is 18.1. The lowest BCUT2D eigenvalue weighted by Gasteiger charge is -2.13. The molecule has 0 aliphatic rings. The standard InChI is InChI=1S/C29H25N2O/c1-2-9-20-16-17-24-27(18-20)31(26-15-8-14-25(28(24)26)29(30)32)19-22-12-6-7-13-23(22)21-10-4-3-5-11-21/h3-8,10-16,18H,2,9,19H2,1H3,(H2,30,32). The molecule has 5 rings (SSSR count). The molecule has 3 nitrogen and oxygen atoms in total. The lowest BCUT2D eigenvalue weighted by molar-refractivity contribution is 0.100. The van der Waals surface area contributed by atoms with E-state index in [1.54, 1.807) is 6.07 Å². The molecule has 0 aliphatic carbocycles. The number of rotatable bonds is 6. The van der Waals surface area contributed by atoms with Crippen molar-refractivity contribution in [3.8, 4) is 11.1 Å². The number of primary amides is 1. The van der Waals surface area contributed by atoms with Gasteiger partial charge in [0.05, 0.1) is 11.0 Å². The summed E-state index contributed by atoms with van der Waals surface area (Å²) in [6.45, 7) is 2.87. The SMILES string of the molecule is CCCc1c[c]c2c3c(C(N)=O)cccc3n(Cc3ccccc3-c3ccccc3)c2c1. The average Bonchev–Trinajstić information content (AvgIpc) is 3.13. The average molecular weight is 418 g/mol. The summed E-state index contributed by atoms with van der Waals surface area (Å²) in [5, 5.41) is 1.83. The van der Waals surface area contributed by atoms with Crippen LogP contribution in [0.25, 0.3) is 32.9 Å². The molecule has 0 bridgehead atoms. The van der Waals surface area contributed by atoms with Gasteiger partial charge in [-0.15, -0.1) is 0 Å². The van der Waals surface area contributed by atoms with E-state index in [9.17, 15) is 4.79 Å². The van der Waals surface area contributed by atoms with Crippen LogP contribution in [0.4, 0.5) is 0 Å². The molecule has 157 valence electrons. The third kappa shape index (κ3) is 3.46. The fourth-order valence-electron chi connectivity index (χ4n) is 4.64. The molecule has 0 atom stereocenters. The van der Waals surface area contributed by atoms with Crippen molar-refractivity contribution < 1.29 is 4.79 Å². The first kappa shape index (κ1) is 20.1. The molecule has 2 N–H and O–H groups in total. The third-order valence-corrected chi connectivity index (χ3v) is 6.09. The Morgan fingerprint density at radius 2 is 1.72 bits per heavy atom. The van der Waals surface area contributed by atoms with Crippen LogP contribution in [0.5, 0.6) is 0 Å². The summed E-state index contributed by atoms with van der Waals surface area (Å²) in [5.41, 5.74) is 13.3. The number of hydrogen-bond donors (Lipinski definition) is 1. The first-order valence-electron chi connectivity index (χ1n) is 11.1. The maximum Gasteiger partial charge on any atom is 0.249 e. The number of nitrogens with zero attached hydrogens (tertiary/aromatic N) is 1. The number of nitrogens with two attached hydrogens (primary N) is 1. The van der Waals surface area contributed by atoms with Gasteiger partial charge in [-0.25, -0.2) is 0 Å². The topological polar surface area (TPSA) is 48.0 Å². The molecule has 1 aromatic heterocycles. The van der Waals surface area contributed by atoms with Gasteiger partial charge in [-0.05, 0) is 52.9 Å². The van der Waals surface area contributed by atoms with E-state index in [4.69, 9.17) is 5.73 Å². The minimum absolute atomic E-state index is 0.412. The summed E-state index contributed by atoms with van der Waals surface area (Å²) in [6, 6.07) is 32.5. The lowest BCUT2D eigenvalue weighted by Crippen LogP contribution is -2.11. The van der Waals surface area contributed by atoms with Crippen molar-refractivity contribution in [1.82, 2.24) is 4.57 Å². The van der Waals surface area contributed by atoms with Crippen LogP contribution in [-0.2, 0) is 13.0 Å². The molecular formula is C29H25N2O. The smallest absolute Gasteiger partial charge is 0.249 e. The van der Waals surface area contributed by atoms with Gasteiger partial charge in [-0.1, -0.05) is 80.1 Å². The van der Waals surface area contributed by atoms with Crippen LogP contribution < -0.4 is 5.73 Å². The number of aromatic nitrogens is 1. The van der Waals surface area contributed by atoms with Gasteiger partial charge in [-0.2, -0.15) is 0 Å². The van der Waals surface area contributed by atoms with Gasteiger partial charge in [0.2, 0.25) is 5.91 Å². The second-order valence-corrected chi connectivity index (χ2v) is 8.19. The summed E-state index contributed by atoms with van der Waals surface area (Å²) in [5.74, 6) is -0.412. The second-order valence-electron chi connectivity index (χ2n) is 8.19. The lowest BCUT2D eigenvalue weighted by atomic mass is 9.99. The van der Waals surface area contributed by atoms with Gasteiger partial charge >= 0.3 is 0 Å². The number of carbonyl (C=O) groups is 1. The second kappa shape index (κ2) is 8.35. The molecule has 3 heteroatoms. The van der Waals surface area contributed by atoms with Crippen molar-refractivity contribution in [2.24, 2.45) is 5.73 Å². The van der Waals surface area contributed by atoms with Crippen LogP contribution in [0.3, 0.4) is 0 Å². The summed E-state index contributed by atoms with van der Waals surface area (Å²) >= 11 is 0. The van der Waals surface area contributed by atoms with E-state index in [-0.39, 0.29) is 0 Å². The number of carbonyl (C=O) groups excluding carboxylic acids is 1. The van der Waals surface area contributed by atoms with Crippen LogP contribution in [0.15, 0.2) is 84.9 Å². The zero-order chi connectivity index (χ0) is 22.1. The fourth-order valence-corrected chi connectivity index (χ4v) is 4.64. The number of hydrogen-bond acceptors (Lipinski definition) is 1. The highest BCUT2D eigenvalue weighted by Gasteiger charge is 2.18. The minimum atomic E-state index is -0.412. The molecule has 0 saturated heterocycles. The van der Waals surface area contributed by atoms with E-state index in [2.05, 4.69) is 78.2 Å². The predicted molar refractivity (Wildman–Crippen MR) is 132 cm³/mol. The summed E-state index contributed by atoms with van der Waals surface area (Å²) in [4.78, 5) is 12.2. The molecule has 4 aromatic carbocycles. The maximum atomic E-state index is 12.2.